The van der Waals surface area contributed by atoms with E-state index >= 15 is 0 Å². The molecule has 0 amide bonds. The van der Waals surface area contributed by atoms with Crippen LogP contribution >= 0.6 is 36.4 Å². The molecule has 15 heavy (non-hydrogen) atoms. The van der Waals surface area contributed by atoms with E-state index in [1.165, 1.54) is 0 Å². The third-order valence-corrected chi connectivity index (χ3v) is 2.89. The van der Waals surface area contributed by atoms with Crippen LogP contribution in [0.3, 0.4) is 0 Å². The molecule has 1 aliphatic heterocycles. The summed E-state index contributed by atoms with van der Waals surface area (Å²) >= 11 is 14.8. The van der Waals surface area contributed by atoms with Gasteiger partial charge in [0.1, 0.15) is 0 Å². The molecule has 0 fully saturated rings. The Morgan fingerprint density at radius 3 is 2.60 bits per heavy atom. The van der Waals surface area contributed by atoms with Crippen molar-refractivity contribution >= 4 is 46.5 Å². The first kappa shape index (κ1) is 10.9. The summed E-state index contributed by atoms with van der Waals surface area (Å²) in [7, 11) is 0. The minimum absolute atomic E-state index is 0.513. The van der Waals surface area contributed by atoms with Gasteiger partial charge in [-0.05, 0) is 17.7 Å². The molecule has 2 rings (SSSR count). The molecule has 78 valence electrons. The van der Waals surface area contributed by atoms with Gasteiger partial charge in [0.2, 0.25) is 0 Å². The topological polar surface area (TPSA) is 15.6 Å². The van der Waals surface area contributed by atoms with Gasteiger partial charge in [-0.1, -0.05) is 36.0 Å². The minimum Gasteiger partial charge on any atom is -0.248 e. The lowest BCUT2D eigenvalue weighted by Gasteiger charge is -2.08. The molecule has 1 aromatic rings. The third-order valence-electron chi connectivity index (χ3n) is 2.20. The highest BCUT2D eigenvalue weighted by atomic mass is 35.5. The van der Waals surface area contributed by atoms with Gasteiger partial charge < -0.3 is 0 Å². The van der Waals surface area contributed by atoms with Gasteiger partial charge in [-0.3, -0.25) is 0 Å². The van der Waals surface area contributed by atoms with E-state index < -0.39 is 0 Å². The molecule has 0 unspecified atom stereocenters. The molecule has 1 heterocycles. The molecule has 0 N–H and O–H groups in total. The van der Waals surface area contributed by atoms with E-state index in [9.17, 15) is 0 Å². The van der Waals surface area contributed by atoms with E-state index in [4.69, 9.17) is 23.8 Å². The number of hydrogen-bond donors (Lipinski definition) is 1. The van der Waals surface area contributed by atoms with Crippen LogP contribution in [0.15, 0.2) is 29.4 Å². The summed E-state index contributed by atoms with van der Waals surface area (Å²) in [6, 6.07) is 7.65. The average Bonchev–Trinajstić information content (AvgIpc) is 2.68. The highest BCUT2D eigenvalue weighted by Crippen LogP contribution is 2.17. The van der Waals surface area contributed by atoms with Gasteiger partial charge in [0.25, 0.3) is 0 Å². The number of hydrogen-bond acceptors (Lipinski definition) is 2. The van der Waals surface area contributed by atoms with Crippen LogP contribution in [0.25, 0.3) is 0 Å². The van der Waals surface area contributed by atoms with E-state index in [1.807, 2.05) is 24.3 Å². The Morgan fingerprint density at radius 1 is 1.40 bits per heavy atom. The van der Waals surface area contributed by atoms with E-state index in [2.05, 4.69) is 17.7 Å². The second-order valence-corrected chi connectivity index (χ2v) is 4.76. The molecule has 2 nitrogen and oxygen atoms in total. The Morgan fingerprint density at radius 2 is 2.07 bits per heavy atom. The first-order valence-electron chi connectivity index (χ1n) is 4.51. The zero-order valence-electron chi connectivity index (χ0n) is 7.85. The maximum absolute atomic E-state index is 5.81. The predicted octanol–water partition coefficient (Wildman–Crippen LogP) is 2.96. The molecule has 0 saturated heterocycles. The maximum Gasteiger partial charge on any atom is 0.153 e. The lowest BCUT2D eigenvalue weighted by molar-refractivity contribution is 0.510. The Bertz CT molecular complexity index is 414. The summed E-state index contributed by atoms with van der Waals surface area (Å²) < 4.78 is 0.513. The van der Waals surface area contributed by atoms with E-state index in [0.29, 0.717) is 4.32 Å². The molecule has 0 aromatic heterocycles. The monoisotopic (exact) mass is 256 g/mol. The molecule has 0 aliphatic carbocycles. The average molecular weight is 257 g/mol. The maximum atomic E-state index is 5.81. The highest BCUT2D eigenvalue weighted by molar-refractivity contribution is 8.10. The summed E-state index contributed by atoms with van der Waals surface area (Å²) in [5, 5.41) is 6.84. The lowest BCUT2D eigenvalue weighted by Crippen LogP contribution is -2.15. The Labute approximate surface area is 104 Å². The summed E-state index contributed by atoms with van der Waals surface area (Å²) in [4.78, 5) is 0. The first-order chi connectivity index (χ1) is 7.16. The molecule has 0 bridgehead atoms. The van der Waals surface area contributed by atoms with Gasteiger partial charge >= 0.3 is 0 Å². The molecule has 0 spiro atoms. The quantitative estimate of drug-likeness (QED) is 0.614. The van der Waals surface area contributed by atoms with Gasteiger partial charge in [-0.2, -0.15) is 5.10 Å². The highest BCUT2D eigenvalue weighted by Gasteiger charge is 2.16. The normalized spacial score (nSPS) is 15.3. The molecule has 1 aromatic carbocycles. The molecule has 5 heteroatoms. The second-order valence-electron chi connectivity index (χ2n) is 3.21. The SMILES string of the molecule is S=C(S)N1CCC(c2ccc(Cl)cc2)=N1. The summed E-state index contributed by atoms with van der Waals surface area (Å²) in [5.74, 6) is 0. The van der Waals surface area contributed by atoms with Crippen molar-refractivity contribution in [2.45, 2.75) is 6.42 Å². The van der Waals surface area contributed by atoms with Crippen molar-refractivity contribution in [3.63, 3.8) is 0 Å². The molecule has 0 radical (unpaired) electrons. The van der Waals surface area contributed by atoms with Crippen LogP contribution in [0.4, 0.5) is 0 Å². The van der Waals surface area contributed by atoms with Crippen molar-refractivity contribution in [2.24, 2.45) is 5.10 Å². The largest absolute Gasteiger partial charge is 0.248 e. The second kappa shape index (κ2) is 4.51. The van der Waals surface area contributed by atoms with Crippen molar-refractivity contribution in [1.29, 1.82) is 0 Å². The van der Waals surface area contributed by atoms with Crippen LogP contribution in [-0.2, 0) is 0 Å². The van der Waals surface area contributed by atoms with E-state index in [-0.39, 0.29) is 0 Å². The molecule has 1 aliphatic rings. The Hall–Kier alpha value is -0.580. The number of benzene rings is 1. The number of rotatable bonds is 1. The van der Waals surface area contributed by atoms with Crippen molar-refractivity contribution in [1.82, 2.24) is 5.01 Å². The Balaban J connectivity index is 2.22. The van der Waals surface area contributed by atoms with Gasteiger partial charge in [0, 0.05) is 18.0 Å². The van der Waals surface area contributed by atoms with Crippen LogP contribution in [0.2, 0.25) is 5.02 Å². The van der Waals surface area contributed by atoms with Crippen molar-refractivity contribution < 1.29 is 0 Å². The van der Waals surface area contributed by atoms with Crippen molar-refractivity contribution in [3.05, 3.63) is 34.9 Å². The van der Waals surface area contributed by atoms with Gasteiger partial charge in [0.05, 0.1) is 5.71 Å². The smallest absolute Gasteiger partial charge is 0.153 e. The summed E-state index contributed by atoms with van der Waals surface area (Å²) in [5.41, 5.74) is 2.12. The lowest BCUT2D eigenvalue weighted by atomic mass is 10.1. The van der Waals surface area contributed by atoms with Crippen LogP contribution in [0, 0.1) is 0 Å². The van der Waals surface area contributed by atoms with Gasteiger partial charge in [-0.25, -0.2) is 5.01 Å². The summed E-state index contributed by atoms with van der Waals surface area (Å²) in [6.45, 7) is 0.806. The fourth-order valence-electron chi connectivity index (χ4n) is 1.44. The number of halogens is 1. The van der Waals surface area contributed by atoms with E-state index in [1.54, 1.807) is 5.01 Å². The minimum atomic E-state index is 0.513. The van der Waals surface area contributed by atoms with Crippen molar-refractivity contribution in [2.75, 3.05) is 6.54 Å². The first-order valence-corrected chi connectivity index (χ1v) is 5.74. The van der Waals surface area contributed by atoms with Gasteiger partial charge in [-0.15, -0.1) is 12.6 Å². The molecule has 0 atom stereocenters. The standard InChI is InChI=1S/C10H9ClN2S2/c11-8-3-1-7(2-4-8)9-5-6-13(12-9)10(14)15/h1-4H,5-6H2,(H,14,15). The fraction of sp³-hybridized carbons (Fsp3) is 0.200. The Kier molecular flexibility index (Phi) is 3.29. The third kappa shape index (κ3) is 2.51. The van der Waals surface area contributed by atoms with Crippen LogP contribution in [-0.4, -0.2) is 21.6 Å². The van der Waals surface area contributed by atoms with Crippen LogP contribution in [0.5, 0.6) is 0 Å². The van der Waals surface area contributed by atoms with Crippen LogP contribution < -0.4 is 0 Å². The zero-order valence-corrected chi connectivity index (χ0v) is 10.3. The number of nitrogens with zero attached hydrogens (tertiary/aromatic N) is 2. The number of hydrazone groups is 1. The predicted molar refractivity (Wildman–Crippen MR) is 70.9 cm³/mol. The van der Waals surface area contributed by atoms with Gasteiger partial charge in [0.15, 0.2) is 4.32 Å². The molecular formula is C10H9ClN2S2. The van der Waals surface area contributed by atoms with E-state index in [0.717, 1.165) is 29.3 Å². The molecular weight excluding hydrogens is 248 g/mol. The zero-order chi connectivity index (χ0) is 10.8. The summed E-state index contributed by atoms with van der Waals surface area (Å²) in [6.07, 6.45) is 0.891. The fourth-order valence-corrected chi connectivity index (χ4v) is 1.84. The molecule has 0 saturated carbocycles. The number of thiol groups is 1. The number of thiocarbonyl (C=S) groups is 1. The van der Waals surface area contributed by atoms with Crippen molar-refractivity contribution in [3.8, 4) is 0 Å². The van der Waals surface area contributed by atoms with Crippen LogP contribution in [0.1, 0.15) is 12.0 Å².